The fourth-order valence-corrected chi connectivity index (χ4v) is 3.32. The Morgan fingerprint density at radius 1 is 1.29 bits per heavy atom. The van der Waals surface area contributed by atoms with Crippen LogP contribution in [0, 0.1) is 12.8 Å². The van der Waals surface area contributed by atoms with Crippen molar-refractivity contribution in [1.82, 2.24) is 9.78 Å². The van der Waals surface area contributed by atoms with Crippen LogP contribution in [0.1, 0.15) is 18.4 Å². The molecule has 0 aliphatic carbocycles. The Kier molecular flexibility index (Phi) is 5.13. The third-order valence-electron chi connectivity index (χ3n) is 4.51. The van der Waals surface area contributed by atoms with Gasteiger partial charge in [0.1, 0.15) is 5.02 Å². The van der Waals surface area contributed by atoms with Gasteiger partial charge in [0, 0.05) is 24.7 Å². The van der Waals surface area contributed by atoms with Crippen LogP contribution in [0.2, 0.25) is 10.0 Å². The Balaban J connectivity index is 1.92. The van der Waals surface area contributed by atoms with Gasteiger partial charge in [-0.1, -0.05) is 29.3 Å². The Labute approximate surface area is 150 Å². The monoisotopic (exact) mass is 367 g/mol. The zero-order chi connectivity index (χ0) is 17.3. The summed E-state index contributed by atoms with van der Waals surface area (Å²) in [6, 6.07) is 5.33. The molecule has 1 aromatic heterocycles. The second kappa shape index (κ2) is 7.13. The van der Waals surface area contributed by atoms with Crippen LogP contribution in [0.25, 0.3) is 5.69 Å². The lowest BCUT2D eigenvalue weighted by molar-refractivity contribution is 0.203. The third-order valence-corrected chi connectivity index (χ3v) is 5.28. The maximum atomic E-state index is 12.6. The van der Waals surface area contributed by atoms with E-state index in [0.29, 0.717) is 22.3 Å². The van der Waals surface area contributed by atoms with E-state index in [2.05, 4.69) is 10.00 Å². The minimum absolute atomic E-state index is 0.157. The number of aryl methyl sites for hydroxylation is 1. The summed E-state index contributed by atoms with van der Waals surface area (Å²) in [5.74, 6) is 0.322. The van der Waals surface area contributed by atoms with Crippen molar-refractivity contribution in [3.05, 3.63) is 50.4 Å². The van der Waals surface area contributed by atoms with Gasteiger partial charge in [-0.3, -0.25) is 4.79 Å². The number of hydrogen-bond donors (Lipinski definition) is 1. The van der Waals surface area contributed by atoms with Crippen molar-refractivity contribution in [3.63, 3.8) is 0 Å². The number of nitrogens with zero attached hydrogens (tertiary/aromatic N) is 3. The molecule has 128 valence electrons. The van der Waals surface area contributed by atoms with E-state index in [9.17, 15) is 9.90 Å². The molecular weight excluding hydrogens is 349 g/mol. The number of aliphatic hydroxyl groups is 1. The molecule has 3 rings (SSSR count). The Morgan fingerprint density at radius 3 is 2.62 bits per heavy atom. The van der Waals surface area contributed by atoms with E-state index in [1.54, 1.807) is 18.3 Å². The van der Waals surface area contributed by atoms with Crippen LogP contribution in [-0.4, -0.2) is 34.6 Å². The number of halogens is 2. The van der Waals surface area contributed by atoms with Crippen LogP contribution in [0.5, 0.6) is 0 Å². The van der Waals surface area contributed by atoms with Crippen molar-refractivity contribution in [2.24, 2.45) is 5.92 Å². The van der Waals surface area contributed by atoms with E-state index in [-0.39, 0.29) is 17.2 Å². The highest BCUT2D eigenvalue weighted by atomic mass is 35.5. The van der Waals surface area contributed by atoms with Crippen molar-refractivity contribution >= 4 is 28.9 Å². The fraction of sp³-hybridized carbons (Fsp3) is 0.412. The largest absolute Gasteiger partial charge is 0.396 e. The molecule has 7 heteroatoms. The number of aliphatic hydroxyl groups excluding tert-OH is 1. The highest BCUT2D eigenvalue weighted by Crippen LogP contribution is 2.27. The van der Waals surface area contributed by atoms with Crippen molar-refractivity contribution < 1.29 is 5.11 Å². The van der Waals surface area contributed by atoms with Crippen molar-refractivity contribution in [3.8, 4) is 5.69 Å². The minimum Gasteiger partial charge on any atom is -0.396 e. The highest BCUT2D eigenvalue weighted by Gasteiger charge is 2.22. The Bertz CT molecular complexity index is 799. The van der Waals surface area contributed by atoms with Gasteiger partial charge in [0.15, 0.2) is 0 Å². The second-order valence-electron chi connectivity index (χ2n) is 6.11. The zero-order valence-corrected chi connectivity index (χ0v) is 14.9. The van der Waals surface area contributed by atoms with Gasteiger partial charge in [0.2, 0.25) is 0 Å². The summed E-state index contributed by atoms with van der Waals surface area (Å²) >= 11 is 12.5. The van der Waals surface area contributed by atoms with Crippen LogP contribution in [0.3, 0.4) is 0 Å². The minimum atomic E-state index is -0.363. The molecule has 1 aliphatic rings. The SMILES string of the molecule is Cc1ccc(-n2ncc(N3CCC(CO)CC3)c(Cl)c2=O)cc1Cl. The van der Waals surface area contributed by atoms with Gasteiger partial charge in [-0.25, -0.2) is 0 Å². The molecule has 2 aromatic rings. The fourth-order valence-electron chi connectivity index (χ4n) is 2.90. The molecule has 0 spiro atoms. The summed E-state index contributed by atoms with van der Waals surface area (Å²) < 4.78 is 1.26. The number of aromatic nitrogens is 2. The van der Waals surface area contributed by atoms with E-state index >= 15 is 0 Å². The smallest absolute Gasteiger partial charge is 0.292 e. The predicted octanol–water partition coefficient (Wildman–Crippen LogP) is 3.06. The van der Waals surface area contributed by atoms with Gasteiger partial charge < -0.3 is 10.0 Å². The Hall–Kier alpha value is -1.56. The summed E-state index contributed by atoms with van der Waals surface area (Å²) in [7, 11) is 0. The van der Waals surface area contributed by atoms with Crippen molar-refractivity contribution in [2.45, 2.75) is 19.8 Å². The summed E-state index contributed by atoms with van der Waals surface area (Å²) in [4.78, 5) is 14.7. The third kappa shape index (κ3) is 3.29. The quantitative estimate of drug-likeness (QED) is 0.905. The number of benzene rings is 1. The first-order valence-electron chi connectivity index (χ1n) is 7.91. The highest BCUT2D eigenvalue weighted by molar-refractivity contribution is 6.33. The first kappa shape index (κ1) is 17.3. The molecule has 1 aromatic carbocycles. The van der Waals surface area contributed by atoms with Crippen LogP contribution in [0.4, 0.5) is 5.69 Å². The molecule has 0 amide bonds. The molecule has 0 saturated carbocycles. The van der Waals surface area contributed by atoms with Crippen LogP contribution >= 0.6 is 23.2 Å². The summed E-state index contributed by atoms with van der Waals surface area (Å²) in [6.45, 7) is 3.61. The van der Waals surface area contributed by atoms with Gasteiger partial charge >= 0.3 is 0 Å². The predicted molar refractivity (Wildman–Crippen MR) is 96.6 cm³/mol. The maximum absolute atomic E-state index is 12.6. The molecule has 0 atom stereocenters. The molecule has 1 N–H and O–H groups in total. The summed E-state index contributed by atoms with van der Waals surface area (Å²) in [5.41, 5.74) is 1.80. The van der Waals surface area contributed by atoms with E-state index in [1.165, 1.54) is 4.68 Å². The average molecular weight is 368 g/mol. The van der Waals surface area contributed by atoms with Gasteiger partial charge in [-0.2, -0.15) is 9.78 Å². The summed E-state index contributed by atoms with van der Waals surface area (Å²) in [6.07, 6.45) is 3.38. The van der Waals surface area contributed by atoms with E-state index in [0.717, 1.165) is 31.5 Å². The molecule has 0 bridgehead atoms. The molecule has 1 saturated heterocycles. The number of hydrogen-bond acceptors (Lipinski definition) is 4. The molecule has 1 aliphatic heterocycles. The molecule has 0 radical (unpaired) electrons. The van der Waals surface area contributed by atoms with Crippen molar-refractivity contribution in [2.75, 3.05) is 24.6 Å². The lowest BCUT2D eigenvalue weighted by Crippen LogP contribution is -2.36. The van der Waals surface area contributed by atoms with Crippen molar-refractivity contribution in [1.29, 1.82) is 0 Å². The molecule has 1 fully saturated rings. The van der Waals surface area contributed by atoms with Gasteiger partial charge in [-0.05, 0) is 43.4 Å². The van der Waals surface area contributed by atoms with Gasteiger partial charge in [-0.15, -0.1) is 0 Å². The molecule has 0 unspecified atom stereocenters. The lowest BCUT2D eigenvalue weighted by atomic mass is 9.98. The van der Waals surface area contributed by atoms with Crippen LogP contribution in [-0.2, 0) is 0 Å². The van der Waals surface area contributed by atoms with E-state index in [4.69, 9.17) is 23.2 Å². The van der Waals surface area contributed by atoms with Gasteiger partial charge in [0.25, 0.3) is 5.56 Å². The topological polar surface area (TPSA) is 58.4 Å². The molecule has 5 nitrogen and oxygen atoms in total. The zero-order valence-electron chi connectivity index (χ0n) is 13.4. The molecular formula is C17H19Cl2N3O2. The second-order valence-corrected chi connectivity index (χ2v) is 6.89. The average Bonchev–Trinajstić information content (AvgIpc) is 2.60. The van der Waals surface area contributed by atoms with Crippen LogP contribution < -0.4 is 10.5 Å². The molecule has 2 heterocycles. The van der Waals surface area contributed by atoms with Crippen LogP contribution in [0.15, 0.2) is 29.2 Å². The first-order valence-corrected chi connectivity index (χ1v) is 8.67. The Morgan fingerprint density at radius 2 is 2.00 bits per heavy atom. The number of piperidine rings is 1. The normalized spacial score (nSPS) is 15.8. The van der Waals surface area contributed by atoms with Gasteiger partial charge in [0.05, 0.1) is 17.6 Å². The standard InChI is InChI=1S/C17H19Cl2N3O2/c1-11-2-3-13(8-14(11)18)22-17(24)16(19)15(9-20-22)21-6-4-12(10-23)5-7-21/h2-3,8-9,12,23H,4-7,10H2,1H3. The molecule has 24 heavy (non-hydrogen) atoms. The maximum Gasteiger partial charge on any atom is 0.292 e. The lowest BCUT2D eigenvalue weighted by Gasteiger charge is -2.33. The number of rotatable bonds is 3. The number of anilines is 1. The summed E-state index contributed by atoms with van der Waals surface area (Å²) in [5, 5.41) is 14.2. The van der Waals surface area contributed by atoms with E-state index in [1.807, 2.05) is 13.0 Å². The van der Waals surface area contributed by atoms with E-state index < -0.39 is 0 Å². The first-order chi connectivity index (χ1) is 11.5.